The number of hydrogen-bond acceptors (Lipinski definition) is 5. The molecule has 0 radical (unpaired) electrons. The number of phenolic OH excluding ortho intramolecular Hbond substituents is 1. The van der Waals surface area contributed by atoms with Crippen LogP contribution in [0.1, 0.15) is 25.5 Å². The van der Waals surface area contributed by atoms with Crippen LogP contribution < -0.4 is 4.74 Å². The quantitative estimate of drug-likeness (QED) is 0.370. The number of benzene rings is 3. The molecule has 3 aromatic rings. The van der Waals surface area contributed by atoms with Crippen LogP contribution >= 0.6 is 22.6 Å². The molecule has 0 aliphatic carbocycles. The molecule has 3 aromatic carbocycles. The predicted octanol–water partition coefficient (Wildman–Crippen LogP) is 4.58. The lowest BCUT2D eigenvalue weighted by molar-refractivity contribution is 0.0731. The second-order valence-electron chi connectivity index (χ2n) is 7.54. The second-order valence-corrected chi connectivity index (χ2v) is 10.6. The minimum absolute atomic E-state index is 0.0709. The fourth-order valence-electron chi connectivity index (χ4n) is 3.48. The number of hydrogen-bond donors (Lipinski definition) is 2. The van der Waals surface area contributed by atoms with Gasteiger partial charge in [0, 0.05) is 3.57 Å². The van der Waals surface area contributed by atoms with Gasteiger partial charge in [-0.05, 0) is 90.5 Å². The Morgan fingerprint density at radius 2 is 1.53 bits per heavy atom. The molecule has 0 aromatic heterocycles. The first kappa shape index (κ1) is 24.5. The van der Waals surface area contributed by atoms with Gasteiger partial charge in [0.15, 0.2) is 0 Å². The minimum atomic E-state index is -3.94. The van der Waals surface area contributed by atoms with Crippen LogP contribution in [-0.2, 0) is 10.0 Å². The van der Waals surface area contributed by atoms with E-state index < -0.39 is 28.2 Å². The van der Waals surface area contributed by atoms with Crippen molar-refractivity contribution in [2.45, 2.75) is 36.9 Å². The van der Waals surface area contributed by atoms with E-state index in [-0.39, 0.29) is 17.3 Å². The van der Waals surface area contributed by atoms with Crippen molar-refractivity contribution in [3.63, 3.8) is 0 Å². The highest BCUT2D eigenvalue weighted by Crippen LogP contribution is 2.30. The van der Waals surface area contributed by atoms with Gasteiger partial charge in [0.25, 0.3) is 0 Å². The van der Waals surface area contributed by atoms with Gasteiger partial charge < -0.3 is 14.9 Å². The summed E-state index contributed by atoms with van der Waals surface area (Å²) in [5.74, 6) is 0.708. The SMILES string of the molecule is CC(COc1ccccc1)N(C(C)C(O)c1ccc(O)cc1)S(=O)(=O)c1ccc(I)cc1. The molecule has 0 aliphatic rings. The molecule has 0 saturated carbocycles. The normalized spacial score (nSPS) is 14.7. The number of nitrogens with zero attached hydrogens (tertiary/aromatic N) is 1. The maximum absolute atomic E-state index is 13.6. The molecule has 0 heterocycles. The van der Waals surface area contributed by atoms with E-state index >= 15 is 0 Å². The minimum Gasteiger partial charge on any atom is -0.508 e. The zero-order valence-electron chi connectivity index (χ0n) is 17.8. The van der Waals surface area contributed by atoms with Crippen molar-refractivity contribution < 1.29 is 23.4 Å². The number of aliphatic hydroxyl groups is 1. The Hall–Kier alpha value is -2.14. The number of aliphatic hydroxyl groups excluding tert-OH is 1. The van der Waals surface area contributed by atoms with E-state index in [2.05, 4.69) is 22.6 Å². The molecule has 3 unspecified atom stereocenters. The van der Waals surface area contributed by atoms with Gasteiger partial charge in [-0.1, -0.05) is 30.3 Å². The van der Waals surface area contributed by atoms with E-state index in [1.54, 1.807) is 62.4 Å². The molecule has 0 fully saturated rings. The molecular weight excluding hydrogens is 541 g/mol. The molecule has 0 amide bonds. The maximum Gasteiger partial charge on any atom is 0.243 e. The molecule has 3 rings (SSSR count). The molecular formula is C24H26INO5S. The van der Waals surface area contributed by atoms with Crippen molar-refractivity contribution in [3.8, 4) is 11.5 Å². The molecule has 8 heteroatoms. The van der Waals surface area contributed by atoms with Crippen molar-refractivity contribution in [2.75, 3.05) is 6.61 Å². The van der Waals surface area contributed by atoms with Gasteiger partial charge in [-0.25, -0.2) is 8.42 Å². The maximum atomic E-state index is 13.6. The van der Waals surface area contributed by atoms with Crippen molar-refractivity contribution in [1.82, 2.24) is 4.31 Å². The third kappa shape index (κ3) is 5.80. The first-order chi connectivity index (χ1) is 15.2. The van der Waals surface area contributed by atoms with Gasteiger partial charge in [0.1, 0.15) is 18.1 Å². The molecule has 170 valence electrons. The standard InChI is InChI=1S/C24H26INO5S/c1-17(16-31-22-6-4-3-5-7-22)26(32(29,30)23-14-10-20(25)11-15-23)18(2)24(28)19-8-12-21(27)13-9-19/h3-15,17-18,24,27-28H,16H2,1-2H3. The molecule has 3 atom stereocenters. The molecule has 32 heavy (non-hydrogen) atoms. The van der Waals surface area contributed by atoms with Gasteiger partial charge in [-0.2, -0.15) is 4.31 Å². The summed E-state index contributed by atoms with van der Waals surface area (Å²) in [5.41, 5.74) is 0.509. The van der Waals surface area contributed by atoms with E-state index in [0.29, 0.717) is 11.3 Å². The van der Waals surface area contributed by atoms with Crippen LogP contribution in [0, 0.1) is 3.57 Å². The Labute approximate surface area is 202 Å². The Balaban J connectivity index is 1.93. The lowest BCUT2D eigenvalue weighted by atomic mass is 10.0. The average molecular weight is 567 g/mol. The zero-order valence-corrected chi connectivity index (χ0v) is 20.8. The third-order valence-electron chi connectivity index (χ3n) is 5.15. The van der Waals surface area contributed by atoms with Crippen LogP contribution in [-0.4, -0.2) is 41.6 Å². The van der Waals surface area contributed by atoms with Gasteiger partial charge in [0.05, 0.1) is 23.1 Å². The van der Waals surface area contributed by atoms with Gasteiger partial charge in [-0.3, -0.25) is 0 Å². The van der Waals surface area contributed by atoms with Crippen LogP contribution in [0.3, 0.4) is 0 Å². The van der Waals surface area contributed by atoms with Crippen LogP contribution in [0.2, 0.25) is 0 Å². The predicted molar refractivity (Wildman–Crippen MR) is 132 cm³/mol. The van der Waals surface area contributed by atoms with E-state index in [4.69, 9.17) is 4.74 Å². The van der Waals surface area contributed by atoms with Crippen LogP contribution in [0.5, 0.6) is 11.5 Å². The summed E-state index contributed by atoms with van der Waals surface area (Å²) in [5, 5.41) is 20.6. The Morgan fingerprint density at radius 1 is 0.938 bits per heavy atom. The Kier molecular flexibility index (Phi) is 8.16. The van der Waals surface area contributed by atoms with Crippen LogP contribution in [0.4, 0.5) is 0 Å². The van der Waals surface area contributed by atoms with E-state index in [9.17, 15) is 18.6 Å². The molecule has 0 saturated heterocycles. The number of rotatable bonds is 9. The monoisotopic (exact) mass is 567 g/mol. The van der Waals surface area contributed by atoms with E-state index in [1.807, 2.05) is 18.2 Å². The summed E-state index contributed by atoms with van der Waals surface area (Å²) >= 11 is 2.12. The van der Waals surface area contributed by atoms with Gasteiger partial charge >= 0.3 is 0 Å². The number of phenols is 1. The highest BCUT2D eigenvalue weighted by Gasteiger charge is 2.37. The summed E-state index contributed by atoms with van der Waals surface area (Å²) in [6, 6.07) is 20.5. The topological polar surface area (TPSA) is 87.1 Å². The summed E-state index contributed by atoms with van der Waals surface area (Å²) in [6.07, 6.45) is -1.10. The van der Waals surface area contributed by atoms with Crippen molar-refractivity contribution in [1.29, 1.82) is 0 Å². The zero-order chi connectivity index (χ0) is 23.3. The first-order valence-corrected chi connectivity index (χ1v) is 12.7. The van der Waals surface area contributed by atoms with Gasteiger partial charge in [0.2, 0.25) is 10.0 Å². The Bertz CT molecular complexity index is 1110. The molecule has 0 spiro atoms. The molecule has 2 N–H and O–H groups in total. The highest BCUT2D eigenvalue weighted by molar-refractivity contribution is 14.1. The smallest absolute Gasteiger partial charge is 0.243 e. The van der Waals surface area contributed by atoms with Crippen LogP contribution in [0.25, 0.3) is 0 Å². The Morgan fingerprint density at radius 3 is 2.12 bits per heavy atom. The number of halogens is 1. The summed E-state index contributed by atoms with van der Waals surface area (Å²) in [4.78, 5) is 0.147. The van der Waals surface area contributed by atoms with Crippen molar-refractivity contribution >= 4 is 32.6 Å². The average Bonchev–Trinajstić information content (AvgIpc) is 2.78. The second kappa shape index (κ2) is 10.7. The summed E-state index contributed by atoms with van der Waals surface area (Å²) in [7, 11) is -3.94. The van der Waals surface area contributed by atoms with E-state index in [0.717, 1.165) is 3.57 Å². The molecule has 6 nitrogen and oxygen atoms in total. The summed E-state index contributed by atoms with van der Waals surface area (Å²) in [6.45, 7) is 3.54. The van der Waals surface area contributed by atoms with Crippen LogP contribution in [0.15, 0.2) is 83.8 Å². The number of para-hydroxylation sites is 1. The third-order valence-corrected chi connectivity index (χ3v) is 7.99. The molecule has 0 aliphatic heterocycles. The number of sulfonamides is 1. The first-order valence-electron chi connectivity index (χ1n) is 10.1. The van der Waals surface area contributed by atoms with Crippen molar-refractivity contribution in [2.24, 2.45) is 0 Å². The summed E-state index contributed by atoms with van der Waals surface area (Å²) < 4.78 is 35.3. The highest BCUT2D eigenvalue weighted by atomic mass is 127. The lowest BCUT2D eigenvalue weighted by Crippen LogP contribution is -2.49. The fraction of sp³-hybridized carbons (Fsp3) is 0.250. The largest absolute Gasteiger partial charge is 0.508 e. The number of aromatic hydroxyl groups is 1. The van der Waals surface area contributed by atoms with Gasteiger partial charge in [-0.15, -0.1) is 0 Å². The fourth-order valence-corrected chi connectivity index (χ4v) is 5.65. The van der Waals surface area contributed by atoms with Crippen molar-refractivity contribution in [3.05, 3.63) is 88.0 Å². The van der Waals surface area contributed by atoms with E-state index in [1.165, 1.54) is 16.4 Å². The lowest BCUT2D eigenvalue weighted by Gasteiger charge is -2.36. The molecule has 0 bridgehead atoms. The number of ether oxygens (including phenoxy) is 1.